The molecule has 1 amide bonds. The highest BCUT2D eigenvalue weighted by Crippen LogP contribution is 2.30. The van der Waals surface area contributed by atoms with E-state index >= 15 is 0 Å². The van der Waals surface area contributed by atoms with Crippen molar-refractivity contribution in [2.75, 3.05) is 13.2 Å². The van der Waals surface area contributed by atoms with Crippen LogP contribution in [-0.2, 0) is 6.18 Å². The predicted molar refractivity (Wildman–Crippen MR) is 73.9 cm³/mol. The quantitative estimate of drug-likeness (QED) is 0.921. The molecule has 1 aliphatic heterocycles. The fourth-order valence-corrected chi connectivity index (χ4v) is 2.54. The van der Waals surface area contributed by atoms with Gasteiger partial charge in [0.1, 0.15) is 5.75 Å². The molecule has 1 aliphatic rings. The zero-order valence-electron chi connectivity index (χ0n) is 12.1. The summed E-state index contributed by atoms with van der Waals surface area (Å²) in [4.78, 5) is 12.5. The Morgan fingerprint density at radius 1 is 1.32 bits per heavy atom. The molecule has 4 nitrogen and oxygen atoms in total. The highest BCUT2D eigenvalue weighted by molar-refractivity contribution is 5.65. The summed E-state index contributed by atoms with van der Waals surface area (Å²) in [5.41, 5.74) is -0.719. The van der Waals surface area contributed by atoms with Crippen LogP contribution in [-0.4, -0.2) is 35.3 Å². The zero-order valence-corrected chi connectivity index (χ0v) is 12.1. The van der Waals surface area contributed by atoms with Gasteiger partial charge in [-0.1, -0.05) is 0 Å². The molecule has 1 aromatic rings. The van der Waals surface area contributed by atoms with Gasteiger partial charge in [0.15, 0.2) is 0 Å². The van der Waals surface area contributed by atoms with Crippen LogP contribution in [0.2, 0.25) is 0 Å². The van der Waals surface area contributed by atoms with Crippen molar-refractivity contribution in [1.82, 2.24) is 4.90 Å². The number of rotatable bonds is 3. The second-order valence-corrected chi connectivity index (χ2v) is 5.56. The first-order valence-corrected chi connectivity index (χ1v) is 7.07. The maximum atomic E-state index is 12.4. The van der Waals surface area contributed by atoms with E-state index in [2.05, 4.69) is 0 Å². The van der Waals surface area contributed by atoms with Gasteiger partial charge in [-0.2, -0.15) is 13.2 Å². The summed E-state index contributed by atoms with van der Waals surface area (Å²) in [7, 11) is 0. The number of ether oxygens (including phenoxy) is 1. The molecule has 0 aromatic heterocycles. The van der Waals surface area contributed by atoms with Crippen molar-refractivity contribution in [2.24, 2.45) is 5.92 Å². The Kier molecular flexibility index (Phi) is 4.83. The van der Waals surface area contributed by atoms with Crippen molar-refractivity contribution >= 4 is 6.09 Å². The van der Waals surface area contributed by atoms with Gasteiger partial charge in [0.2, 0.25) is 0 Å². The fourth-order valence-electron chi connectivity index (χ4n) is 2.54. The van der Waals surface area contributed by atoms with Crippen LogP contribution in [0.3, 0.4) is 0 Å². The van der Waals surface area contributed by atoms with Gasteiger partial charge in [0, 0.05) is 18.5 Å². The van der Waals surface area contributed by atoms with E-state index in [0.29, 0.717) is 18.9 Å². The summed E-state index contributed by atoms with van der Waals surface area (Å²) >= 11 is 0. The largest absolute Gasteiger partial charge is 0.493 e. The van der Waals surface area contributed by atoms with Crippen LogP contribution in [0, 0.1) is 5.92 Å². The van der Waals surface area contributed by atoms with E-state index < -0.39 is 17.8 Å². The number of nitrogens with zero attached hydrogens (tertiary/aromatic N) is 1. The number of alkyl halides is 3. The Bertz CT molecular complexity index is 516. The molecular weight excluding hydrogens is 299 g/mol. The summed E-state index contributed by atoms with van der Waals surface area (Å²) in [6.45, 7) is 2.54. The van der Waals surface area contributed by atoms with Gasteiger partial charge in [-0.25, -0.2) is 4.79 Å². The van der Waals surface area contributed by atoms with E-state index in [1.165, 1.54) is 17.0 Å². The van der Waals surface area contributed by atoms with Crippen molar-refractivity contribution in [2.45, 2.75) is 32.0 Å². The van der Waals surface area contributed by atoms with E-state index in [1.54, 1.807) is 0 Å². The van der Waals surface area contributed by atoms with Crippen LogP contribution in [0.15, 0.2) is 24.3 Å². The molecule has 7 heteroatoms. The van der Waals surface area contributed by atoms with Gasteiger partial charge in [0.05, 0.1) is 12.2 Å². The zero-order chi connectivity index (χ0) is 16.3. The summed E-state index contributed by atoms with van der Waals surface area (Å²) in [5.74, 6) is 0.406. The first-order valence-electron chi connectivity index (χ1n) is 7.07. The molecule has 1 saturated heterocycles. The Morgan fingerprint density at radius 3 is 2.50 bits per heavy atom. The molecule has 0 bridgehead atoms. The first kappa shape index (κ1) is 16.5. The Balaban J connectivity index is 1.89. The SMILES string of the molecule is C[C@@H]1CC[C@H](COc2ccc(C(F)(F)F)cc2)CN1C(=O)O. The molecule has 0 unspecified atom stereocenters. The van der Waals surface area contributed by atoms with Crippen molar-refractivity contribution < 1.29 is 27.8 Å². The minimum Gasteiger partial charge on any atom is -0.493 e. The number of halogens is 3. The molecule has 0 spiro atoms. The van der Waals surface area contributed by atoms with Gasteiger partial charge in [-0.15, -0.1) is 0 Å². The van der Waals surface area contributed by atoms with Crippen LogP contribution in [0.4, 0.5) is 18.0 Å². The van der Waals surface area contributed by atoms with E-state index in [-0.39, 0.29) is 12.0 Å². The Labute approximate surface area is 126 Å². The molecule has 22 heavy (non-hydrogen) atoms. The molecule has 1 N–H and O–H groups in total. The number of piperidine rings is 1. The monoisotopic (exact) mass is 317 g/mol. The summed E-state index contributed by atoms with van der Waals surface area (Å²) in [6, 6.07) is 4.50. The normalized spacial score (nSPS) is 22.5. The van der Waals surface area contributed by atoms with Crippen LogP contribution < -0.4 is 4.74 Å². The topological polar surface area (TPSA) is 49.8 Å². The lowest BCUT2D eigenvalue weighted by Crippen LogP contribution is -2.46. The molecule has 2 rings (SSSR count). The average molecular weight is 317 g/mol. The van der Waals surface area contributed by atoms with E-state index in [1.807, 2.05) is 6.92 Å². The number of hydrogen-bond donors (Lipinski definition) is 1. The van der Waals surface area contributed by atoms with Crippen molar-refractivity contribution in [3.05, 3.63) is 29.8 Å². The lowest BCUT2D eigenvalue weighted by atomic mass is 9.94. The van der Waals surface area contributed by atoms with Crippen LogP contribution in [0.1, 0.15) is 25.3 Å². The average Bonchev–Trinajstić information content (AvgIpc) is 2.45. The van der Waals surface area contributed by atoms with E-state index in [0.717, 1.165) is 25.0 Å². The number of benzene rings is 1. The third-order valence-electron chi connectivity index (χ3n) is 3.89. The van der Waals surface area contributed by atoms with E-state index in [9.17, 15) is 18.0 Å². The minimum absolute atomic E-state index is 0.0141. The van der Waals surface area contributed by atoms with E-state index in [4.69, 9.17) is 9.84 Å². The van der Waals surface area contributed by atoms with Gasteiger partial charge < -0.3 is 14.7 Å². The standard InChI is InChI=1S/C15H18F3NO3/c1-10-2-3-11(8-19(10)14(20)21)9-22-13-6-4-12(5-7-13)15(16,17)18/h4-7,10-11H,2-3,8-9H2,1H3,(H,20,21)/t10-,11+/m1/s1. The number of likely N-dealkylation sites (tertiary alicyclic amines) is 1. The fraction of sp³-hybridized carbons (Fsp3) is 0.533. The van der Waals surface area contributed by atoms with Crippen molar-refractivity contribution in [3.63, 3.8) is 0 Å². The summed E-state index contributed by atoms with van der Waals surface area (Å²) in [5, 5.41) is 9.10. The minimum atomic E-state index is -4.36. The van der Waals surface area contributed by atoms with Crippen LogP contribution in [0.25, 0.3) is 0 Å². The van der Waals surface area contributed by atoms with Crippen molar-refractivity contribution in [1.29, 1.82) is 0 Å². The van der Waals surface area contributed by atoms with Gasteiger partial charge in [-0.05, 0) is 44.0 Å². The predicted octanol–water partition coefficient (Wildman–Crippen LogP) is 3.86. The third kappa shape index (κ3) is 4.05. The third-order valence-corrected chi connectivity index (χ3v) is 3.89. The molecule has 122 valence electrons. The van der Waals surface area contributed by atoms with Crippen molar-refractivity contribution in [3.8, 4) is 5.75 Å². The number of hydrogen-bond acceptors (Lipinski definition) is 2. The molecule has 1 heterocycles. The smallest absolute Gasteiger partial charge is 0.416 e. The lowest BCUT2D eigenvalue weighted by molar-refractivity contribution is -0.137. The second-order valence-electron chi connectivity index (χ2n) is 5.56. The summed E-state index contributed by atoms with van der Waals surface area (Å²) < 4.78 is 42.8. The maximum Gasteiger partial charge on any atom is 0.416 e. The first-order chi connectivity index (χ1) is 10.3. The summed E-state index contributed by atoms with van der Waals surface area (Å²) in [6.07, 6.45) is -3.72. The molecule has 0 aliphatic carbocycles. The number of carboxylic acid groups (broad SMARTS) is 1. The molecule has 1 aromatic carbocycles. The second kappa shape index (κ2) is 6.46. The lowest BCUT2D eigenvalue weighted by Gasteiger charge is -2.35. The number of amides is 1. The van der Waals surface area contributed by atoms with Gasteiger partial charge >= 0.3 is 12.3 Å². The highest BCUT2D eigenvalue weighted by Gasteiger charge is 2.31. The van der Waals surface area contributed by atoms with Gasteiger partial charge in [0.25, 0.3) is 0 Å². The Hall–Kier alpha value is -1.92. The Morgan fingerprint density at radius 2 is 1.95 bits per heavy atom. The molecule has 0 saturated carbocycles. The maximum absolute atomic E-state index is 12.4. The van der Waals surface area contributed by atoms with Crippen LogP contribution in [0.5, 0.6) is 5.75 Å². The van der Waals surface area contributed by atoms with Gasteiger partial charge in [-0.3, -0.25) is 0 Å². The molecule has 0 radical (unpaired) electrons. The van der Waals surface area contributed by atoms with Crippen LogP contribution >= 0.6 is 0 Å². The number of carbonyl (C=O) groups is 1. The molecule has 2 atom stereocenters. The molecular formula is C15H18F3NO3. The molecule has 1 fully saturated rings. The highest BCUT2D eigenvalue weighted by atomic mass is 19.4.